The van der Waals surface area contributed by atoms with E-state index in [1.54, 1.807) is 0 Å². The maximum Gasteiger partial charge on any atom is 0.0740 e. The third-order valence-corrected chi connectivity index (χ3v) is 5.51. The van der Waals surface area contributed by atoms with E-state index in [1.165, 1.54) is 25.9 Å². The van der Waals surface area contributed by atoms with Gasteiger partial charge in [-0.25, -0.2) is 0 Å². The molecule has 0 aromatic heterocycles. The molecule has 1 atom stereocenters. The van der Waals surface area contributed by atoms with Crippen LogP contribution in [-0.2, 0) is 0 Å². The van der Waals surface area contributed by atoms with E-state index in [9.17, 15) is 10.2 Å². The number of fused-ring (bicyclic) bond motifs is 3. The Morgan fingerprint density at radius 2 is 1.75 bits per heavy atom. The van der Waals surface area contributed by atoms with Gasteiger partial charge < -0.3 is 15.1 Å². The van der Waals surface area contributed by atoms with Gasteiger partial charge in [-0.05, 0) is 44.7 Å². The lowest BCUT2D eigenvalue weighted by Crippen LogP contribution is -2.65. The molecule has 2 N–H and O–H groups in total. The molecule has 1 unspecified atom stereocenters. The van der Waals surface area contributed by atoms with Crippen LogP contribution in [0.2, 0.25) is 0 Å². The molecule has 92 valence electrons. The molecule has 3 heteroatoms. The van der Waals surface area contributed by atoms with Gasteiger partial charge in [-0.3, -0.25) is 0 Å². The quantitative estimate of drug-likeness (QED) is 0.737. The zero-order valence-corrected chi connectivity index (χ0v) is 9.99. The molecule has 3 aliphatic heterocycles. The molecule has 1 saturated carbocycles. The van der Waals surface area contributed by atoms with Crippen LogP contribution in [0.4, 0.5) is 0 Å². The average Bonchev–Trinajstić information content (AvgIpc) is 2.79. The van der Waals surface area contributed by atoms with Gasteiger partial charge in [0.05, 0.1) is 12.2 Å². The number of nitrogens with zero attached hydrogens (tertiary/aromatic N) is 1. The molecular weight excluding hydrogens is 202 g/mol. The maximum absolute atomic E-state index is 10.9. The molecule has 4 aliphatic rings. The van der Waals surface area contributed by atoms with Gasteiger partial charge in [-0.15, -0.1) is 0 Å². The molecule has 0 aromatic carbocycles. The van der Waals surface area contributed by atoms with Gasteiger partial charge in [0, 0.05) is 12.0 Å². The molecule has 4 fully saturated rings. The SMILES string of the molecule is OCC1(C2(O)CCCC2)CN2CCC1CC2. The zero-order valence-electron chi connectivity index (χ0n) is 9.99. The van der Waals surface area contributed by atoms with Crippen molar-refractivity contribution in [1.29, 1.82) is 0 Å². The minimum atomic E-state index is -0.578. The summed E-state index contributed by atoms with van der Waals surface area (Å²) >= 11 is 0. The number of hydrogen-bond acceptors (Lipinski definition) is 3. The minimum absolute atomic E-state index is 0.171. The Hall–Kier alpha value is -0.120. The van der Waals surface area contributed by atoms with Crippen molar-refractivity contribution in [3.8, 4) is 0 Å². The Labute approximate surface area is 97.4 Å². The van der Waals surface area contributed by atoms with Crippen molar-refractivity contribution in [2.45, 2.75) is 44.1 Å². The summed E-state index contributed by atoms with van der Waals surface area (Å²) in [6.45, 7) is 3.43. The van der Waals surface area contributed by atoms with E-state index in [1.807, 2.05) is 0 Å². The Bertz CT molecular complexity index is 267. The highest BCUT2D eigenvalue weighted by Gasteiger charge is 2.58. The lowest BCUT2D eigenvalue weighted by molar-refractivity contribution is -0.186. The van der Waals surface area contributed by atoms with Crippen molar-refractivity contribution in [3.05, 3.63) is 0 Å². The second-order valence-electron chi connectivity index (χ2n) is 6.10. The van der Waals surface area contributed by atoms with E-state index in [2.05, 4.69) is 4.90 Å². The first-order valence-corrected chi connectivity index (χ1v) is 6.76. The monoisotopic (exact) mass is 225 g/mol. The van der Waals surface area contributed by atoms with E-state index in [0.717, 1.165) is 32.2 Å². The fourth-order valence-corrected chi connectivity index (χ4v) is 4.48. The van der Waals surface area contributed by atoms with Crippen molar-refractivity contribution in [1.82, 2.24) is 4.90 Å². The van der Waals surface area contributed by atoms with Gasteiger partial charge in [0.2, 0.25) is 0 Å². The van der Waals surface area contributed by atoms with Gasteiger partial charge in [-0.2, -0.15) is 0 Å². The van der Waals surface area contributed by atoms with Crippen LogP contribution in [0.15, 0.2) is 0 Å². The molecule has 4 rings (SSSR count). The van der Waals surface area contributed by atoms with Gasteiger partial charge in [0.25, 0.3) is 0 Å². The van der Waals surface area contributed by atoms with Gasteiger partial charge in [0.15, 0.2) is 0 Å². The van der Waals surface area contributed by atoms with Gasteiger partial charge >= 0.3 is 0 Å². The summed E-state index contributed by atoms with van der Waals surface area (Å²) in [7, 11) is 0. The molecule has 16 heavy (non-hydrogen) atoms. The normalized spacial score (nSPS) is 46.1. The van der Waals surface area contributed by atoms with Crippen molar-refractivity contribution < 1.29 is 10.2 Å². The van der Waals surface area contributed by atoms with Crippen LogP contribution >= 0.6 is 0 Å². The van der Waals surface area contributed by atoms with E-state index < -0.39 is 5.60 Å². The molecule has 3 heterocycles. The van der Waals surface area contributed by atoms with Gasteiger partial charge in [-0.1, -0.05) is 12.8 Å². The second-order valence-corrected chi connectivity index (χ2v) is 6.10. The van der Waals surface area contributed by atoms with E-state index in [4.69, 9.17) is 0 Å². The van der Waals surface area contributed by atoms with E-state index >= 15 is 0 Å². The third kappa shape index (κ3) is 1.31. The number of hydrogen-bond donors (Lipinski definition) is 2. The van der Waals surface area contributed by atoms with Crippen LogP contribution in [-0.4, -0.2) is 47.0 Å². The van der Waals surface area contributed by atoms with Crippen LogP contribution in [0, 0.1) is 11.3 Å². The Morgan fingerprint density at radius 3 is 2.19 bits per heavy atom. The van der Waals surface area contributed by atoms with Crippen LogP contribution in [0.5, 0.6) is 0 Å². The van der Waals surface area contributed by atoms with Crippen LogP contribution in [0.3, 0.4) is 0 Å². The van der Waals surface area contributed by atoms with Crippen LogP contribution in [0.1, 0.15) is 38.5 Å². The minimum Gasteiger partial charge on any atom is -0.396 e. The standard InChI is InChI=1S/C13H23NO2/c15-10-12(13(16)5-1-2-6-13)9-14-7-3-11(12)4-8-14/h11,15-16H,1-10H2. The predicted octanol–water partition coefficient (Wildman–Crippen LogP) is 0.996. The molecule has 3 nitrogen and oxygen atoms in total. The number of aliphatic hydroxyl groups excluding tert-OH is 1. The highest BCUT2D eigenvalue weighted by molar-refractivity contribution is 5.10. The van der Waals surface area contributed by atoms with E-state index in [0.29, 0.717) is 5.92 Å². The Morgan fingerprint density at radius 1 is 1.12 bits per heavy atom. The van der Waals surface area contributed by atoms with Crippen LogP contribution < -0.4 is 0 Å². The molecular formula is C13H23NO2. The number of piperidine rings is 3. The summed E-state index contributed by atoms with van der Waals surface area (Å²) in [5, 5.41) is 20.8. The van der Waals surface area contributed by atoms with Crippen molar-refractivity contribution in [2.24, 2.45) is 11.3 Å². The molecule has 0 radical (unpaired) electrons. The summed E-state index contributed by atoms with van der Waals surface area (Å²) in [4.78, 5) is 2.44. The summed E-state index contributed by atoms with van der Waals surface area (Å²) < 4.78 is 0. The highest BCUT2D eigenvalue weighted by atomic mass is 16.3. The van der Waals surface area contributed by atoms with E-state index in [-0.39, 0.29) is 12.0 Å². The van der Waals surface area contributed by atoms with Crippen molar-refractivity contribution >= 4 is 0 Å². The second kappa shape index (κ2) is 3.69. The van der Waals surface area contributed by atoms with Crippen molar-refractivity contribution in [2.75, 3.05) is 26.2 Å². The molecule has 0 amide bonds. The molecule has 3 saturated heterocycles. The number of aliphatic hydroxyl groups is 2. The largest absolute Gasteiger partial charge is 0.396 e. The summed E-state index contributed by atoms with van der Waals surface area (Å²) in [5.74, 6) is 0.547. The summed E-state index contributed by atoms with van der Waals surface area (Å²) in [6, 6.07) is 0. The lowest BCUT2D eigenvalue weighted by atomic mass is 9.57. The maximum atomic E-state index is 10.9. The first-order chi connectivity index (χ1) is 7.70. The molecule has 0 spiro atoms. The Balaban J connectivity index is 1.93. The Kier molecular flexibility index (Phi) is 2.54. The first kappa shape index (κ1) is 11.0. The molecule has 0 aromatic rings. The lowest BCUT2D eigenvalue weighted by Gasteiger charge is -2.58. The summed E-state index contributed by atoms with van der Waals surface area (Å²) in [5.41, 5.74) is -0.786. The summed E-state index contributed by atoms with van der Waals surface area (Å²) in [6.07, 6.45) is 6.40. The predicted molar refractivity (Wildman–Crippen MR) is 62.1 cm³/mol. The fraction of sp³-hybridized carbons (Fsp3) is 1.00. The molecule has 1 aliphatic carbocycles. The molecule has 2 bridgehead atoms. The third-order valence-electron chi connectivity index (χ3n) is 5.51. The van der Waals surface area contributed by atoms with Crippen LogP contribution in [0.25, 0.3) is 0 Å². The number of rotatable bonds is 2. The topological polar surface area (TPSA) is 43.7 Å². The average molecular weight is 225 g/mol. The smallest absolute Gasteiger partial charge is 0.0740 e. The first-order valence-electron chi connectivity index (χ1n) is 6.76. The fourth-order valence-electron chi connectivity index (χ4n) is 4.48. The van der Waals surface area contributed by atoms with Gasteiger partial charge in [0.1, 0.15) is 0 Å². The highest BCUT2D eigenvalue weighted by Crippen LogP contribution is 2.54. The zero-order chi connectivity index (χ0) is 11.2. The van der Waals surface area contributed by atoms with Crippen molar-refractivity contribution in [3.63, 3.8) is 0 Å².